The first-order valence-corrected chi connectivity index (χ1v) is 6.80. The second-order valence-corrected chi connectivity index (χ2v) is 5.40. The summed E-state index contributed by atoms with van der Waals surface area (Å²) in [4.78, 5) is 4.25. The summed E-state index contributed by atoms with van der Waals surface area (Å²) in [7, 11) is 0. The Hall–Kier alpha value is -0.870. The first kappa shape index (κ1) is 11.2. The van der Waals surface area contributed by atoms with Gasteiger partial charge in [0, 0.05) is 37.5 Å². The standard InChI is InChI=1S/C13H15BrN2O/c14-13-7-12-11(8-15-13)1-4-16(12)9-10-2-5-17-6-3-10/h1,4,7-8,10H,2-3,5-6,9H2. The molecule has 0 atom stereocenters. The Balaban J connectivity index is 1.86. The third kappa shape index (κ3) is 2.38. The molecule has 3 heterocycles. The van der Waals surface area contributed by atoms with Gasteiger partial charge in [0.2, 0.25) is 0 Å². The third-order valence-corrected chi connectivity index (χ3v) is 3.85. The normalized spacial score (nSPS) is 17.7. The van der Waals surface area contributed by atoms with Crippen molar-refractivity contribution >= 4 is 26.8 Å². The molecule has 0 radical (unpaired) electrons. The van der Waals surface area contributed by atoms with Gasteiger partial charge in [0.05, 0.1) is 5.52 Å². The van der Waals surface area contributed by atoms with Crippen molar-refractivity contribution in [3.8, 4) is 0 Å². The fourth-order valence-electron chi connectivity index (χ4n) is 2.42. The molecule has 3 nitrogen and oxygen atoms in total. The summed E-state index contributed by atoms with van der Waals surface area (Å²) in [5.74, 6) is 0.742. The minimum Gasteiger partial charge on any atom is -0.381 e. The van der Waals surface area contributed by atoms with Crippen molar-refractivity contribution < 1.29 is 4.74 Å². The van der Waals surface area contributed by atoms with Gasteiger partial charge in [-0.15, -0.1) is 0 Å². The largest absolute Gasteiger partial charge is 0.381 e. The Morgan fingerprint density at radius 2 is 2.24 bits per heavy atom. The first-order valence-electron chi connectivity index (χ1n) is 6.01. The van der Waals surface area contributed by atoms with Gasteiger partial charge in [-0.05, 0) is 46.8 Å². The smallest absolute Gasteiger partial charge is 0.108 e. The van der Waals surface area contributed by atoms with Crippen molar-refractivity contribution in [2.45, 2.75) is 19.4 Å². The molecule has 17 heavy (non-hydrogen) atoms. The summed E-state index contributed by atoms with van der Waals surface area (Å²) < 4.78 is 8.63. The van der Waals surface area contributed by atoms with Crippen molar-refractivity contribution in [2.24, 2.45) is 5.92 Å². The molecule has 0 unspecified atom stereocenters. The number of rotatable bonds is 2. The predicted octanol–water partition coefficient (Wildman–Crippen LogP) is 3.23. The maximum Gasteiger partial charge on any atom is 0.108 e. The van der Waals surface area contributed by atoms with Gasteiger partial charge in [-0.3, -0.25) is 0 Å². The molecule has 0 aliphatic carbocycles. The Labute approximate surface area is 109 Å². The zero-order valence-electron chi connectivity index (χ0n) is 9.60. The molecule has 0 saturated carbocycles. The maximum atomic E-state index is 5.40. The number of halogens is 1. The van der Waals surface area contributed by atoms with Crippen LogP contribution < -0.4 is 0 Å². The van der Waals surface area contributed by atoms with E-state index in [1.165, 1.54) is 23.7 Å². The minimum absolute atomic E-state index is 0.742. The molecule has 1 aliphatic rings. The lowest BCUT2D eigenvalue weighted by molar-refractivity contribution is 0.0616. The monoisotopic (exact) mass is 294 g/mol. The lowest BCUT2D eigenvalue weighted by Crippen LogP contribution is -2.20. The molecule has 1 fully saturated rings. The summed E-state index contributed by atoms with van der Waals surface area (Å²) >= 11 is 3.43. The van der Waals surface area contributed by atoms with Crippen LogP contribution in [0.2, 0.25) is 0 Å². The lowest BCUT2D eigenvalue weighted by Gasteiger charge is -2.22. The molecule has 2 aromatic heterocycles. The molecule has 1 aliphatic heterocycles. The van der Waals surface area contributed by atoms with Crippen LogP contribution in [0.15, 0.2) is 29.1 Å². The fourth-order valence-corrected chi connectivity index (χ4v) is 2.74. The number of fused-ring (bicyclic) bond motifs is 1. The Bertz CT molecular complexity index is 517. The van der Waals surface area contributed by atoms with E-state index in [9.17, 15) is 0 Å². The van der Waals surface area contributed by atoms with Crippen LogP contribution in [0.4, 0.5) is 0 Å². The molecular weight excluding hydrogens is 280 g/mol. The van der Waals surface area contributed by atoms with Gasteiger partial charge in [-0.25, -0.2) is 4.98 Å². The van der Waals surface area contributed by atoms with Crippen LogP contribution in [0, 0.1) is 5.92 Å². The SMILES string of the molecule is Brc1cc2c(ccn2CC2CCOCC2)cn1. The molecule has 0 bridgehead atoms. The molecule has 0 amide bonds. The van der Waals surface area contributed by atoms with Crippen molar-refractivity contribution in [3.63, 3.8) is 0 Å². The highest BCUT2D eigenvalue weighted by Gasteiger charge is 2.15. The van der Waals surface area contributed by atoms with Gasteiger partial charge in [0.15, 0.2) is 0 Å². The number of hydrogen-bond donors (Lipinski definition) is 0. The highest BCUT2D eigenvalue weighted by molar-refractivity contribution is 9.10. The van der Waals surface area contributed by atoms with E-state index in [0.29, 0.717) is 0 Å². The summed E-state index contributed by atoms with van der Waals surface area (Å²) in [5.41, 5.74) is 1.26. The van der Waals surface area contributed by atoms with E-state index < -0.39 is 0 Å². The van der Waals surface area contributed by atoms with Gasteiger partial charge in [-0.1, -0.05) is 0 Å². The van der Waals surface area contributed by atoms with Crippen LogP contribution in [0.1, 0.15) is 12.8 Å². The number of hydrogen-bond acceptors (Lipinski definition) is 2. The van der Waals surface area contributed by atoms with Crippen LogP contribution >= 0.6 is 15.9 Å². The molecule has 4 heteroatoms. The minimum atomic E-state index is 0.742. The van der Waals surface area contributed by atoms with E-state index >= 15 is 0 Å². The molecule has 1 saturated heterocycles. The molecule has 3 rings (SSSR count). The fraction of sp³-hybridized carbons (Fsp3) is 0.462. The number of pyridine rings is 1. The topological polar surface area (TPSA) is 27.1 Å². The summed E-state index contributed by atoms with van der Waals surface area (Å²) in [6.07, 6.45) is 6.42. The highest BCUT2D eigenvalue weighted by atomic mass is 79.9. The summed E-state index contributed by atoms with van der Waals surface area (Å²) in [5, 5.41) is 1.21. The van der Waals surface area contributed by atoms with Gasteiger partial charge >= 0.3 is 0 Å². The van der Waals surface area contributed by atoms with E-state index in [4.69, 9.17) is 4.74 Å². The average molecular weight is 295 g/mol. The lowest BCUT2D eigenvalue weighted by atomic mass is 10.0. The van der Waals surface area contributed by atoms with Crippen LogP contribution in [-0.4, -0.2) is 22.8 Å². The van der Waals surface area contributed by atoms with Crippen molar-refractivity contribution in [1.29, 1.82) is 0 Å². The number of nitrogens with zero attached hydrogens (tertiary/aromatic N) is 2. The molecule has 2 aromatic rings. The Kier molecular flexibility index (Phi) is 3.16. The Morgan fingerprint density at radius 1 is 1.41 bits per heavy atom. The van der Waals surface area contributed by atoms with Gasteiger partial charge in [-0.2, -0.15) is 0 Å². The van der Waals surface area contributed by atoms with Gasteiger partial charge < -0.3 is 9.30 Å². The van der Waals surface area contributed by atoms with E-state index in [1.807, 2.05) is 6.20 Å². The quantitative estimate of drug-likeness (QED) is 0.795. The van der Waals surface area contributed by atoms with Crippen molar-refractivity contribution in [2.75, 3.05) is 13.2 Å². The van der Waals surface area contributed by atoms with E-state index in [-0.39, 0.29) is 0 Å². The molecule has 0 spiro atoms. The summed E-state index contributed by atoms with van der Waals surface area (Å²) in [6.45, 7) is 2.91. The van der Waals surface area contributed by atoms with Crippen LogP contribution in [0.25, 0.3) is 10.9 Å². The predicted molar refractivity (Wildman–Crippen MR) is 71.0 cm³/mol. The van der Waals surface area contributed by atoms with E-state index in [0.717, 1.165) is 30.3 Å². The summed E-state index contributed by atoms with van der Waals surface area (Å²) in [6, 6.07) is 4.22. The number of ether oxygens (including phenoxy) is 1. The van der Waals surface area contributed by atoms with Crippen molar-refractivity contribution in [3.05, 3.63) is 29.1 Å². The van der Waals surface area contributed by atoms with E-state index in [1.54, 1.807) is 0 Å². The average Bonchev–Trinajstić information content (AvgIpc) is 2.73. The second-order valence-electron chi connectivity index (χ2n) is 4.59. The van der Waals surface area contributed by atoms with Crippen LogP contribution in [0.3, 0.4) is 0 Å². The van der Waals surface area contributed by atoms with Crippen LogP contribution in [-0.2, 0) is 11.3 Å². The zero-order valence-corrected chi connectivity index (χ0v) is 11.2. The third-order valence-electron chi connectivity index (χ3n) is 3.42. The Morgan fingerprint density at radius 3 is 3.06 bits per heavy atom. The molecule has 0 aromatic carbocycles. The van der Waals surface area contributed by atoms with Gasteiger partial charge in [0.25, 0.3) is 0 Å². The zero-order chi connectivity index (χ0) is 11.7. The first-order chi connectivity index (χ1) is 8.33. The highest BCUT2D eigenvalue weighted by Crippen LogP contribution is 2.23. The second kappa shape index (κ2) is 4.78. The maximum absolute atomic E-state index is 5.40. The molecular formula is C13H15BrN2O. The van der Waals surface area contributed by atoms with E-state index in [2.05, 4.69) is 43.8 Å². The molecule has 0 N–H and O–H groups in total. The molecule has 90 valence electrons. The van der Waals surface area contributed by atoms with Crippen LogP contribution in [0.5, 0.6) is 0 Å². The number of aromatic nitrogens is 2. The van der Waals surface area contributed by atoms with Crippen molar-refractivity contribution in [1.82, 2.24) is 9.55 Å². The van der Waals surface area contributed by atoms with Gasteiger partial charge in [0.1, 0.15) is 4.60 Å².